The zero-order chi connectivity index (χ0) is 15.2. The van der Waals surface area contributed by atoms with E-state index in [1.54, 1.807) is 7.11 Å². The quantitative estimate of drug-likeness (QED) is 0.860. The van der Waals surface area contributed by atoms with Gasteiger partial charge in [0, 0.05) is 5.56 Å². The molecule has 118 valence electrons. The predicted octanol–water partition coefficient (Wildman–Crippen LogP) is 2.83. The molecule has 2 rings (SSSR count). The van der Waals surface area contributed by atoms with Gasteiger partial charge in [-0.2, -0.15) is 0 Å². The lowest BCUT2D eigenvalue weighted by Gasteiger charge is -2.13. The van der Waals surface area contributed by atoms with E-state index in [-0.39, 0.29) is 12.4 Å². The van der Waals surface area contributed by atoms with Gasteiger partial charge in [-0.1, -0.05) is 42.5 Å². The Balaban J connectivity index is 0.00000242. The van der Waals surface area contributed by atoms with Gasteiger partial charge >= 0.3 is 5.97 Å². The van der Waals surface area contributed by atoms with Crippen LogP contribution in [-0.2, 0) is 16.0 Å². The van der Waals surface area contributed by atoms with Gasteiger partial charge in [-0.25, -0.2) is 0 Å². The maximum Gasteiger partial charge on any atom is 0.322 e. The normalized spacial score (nSPS) is 11.2. The standard InChI is InChI=1S/C17H19NO3.ClH/c1-20-16-11-12(10-15(18)17(19)21-2)8-9-14(16)13-6-4-3-5-7-13;/h3-9,11,15H,10,18H2,1-2H3;1H. The highest BCUT2D eigenvalue weighted by Gasteiger charge is 2.15. The fraction of sp³-hybridized carbons (Fsp3) is 0.235. The van der Waals surface area contributed by atoms with E-state index in [1.807, 2.05) is 48.5 Å². The summed E-state index contributed by atoms with van der Waals surface area (Å²) in [5.41, 5.74) is 8.81. The molecule has 5 heteroatoms. The van der Waals surface area contributed by atoms with Crippen molar-refractivity contribution in [2.75, 3.05) is 14.2 Å². The maximum absolute atomic E-state index is 11.4. The van der Waals surface area contributed by atoms with E-state index in [4.69, 9.17) is 10.5 Å². The van der Waals surface area contributed by atoms with Crippen molar-refractivity contribution in [2.45, 2.75) is 12.5 Å². The minimum absolute atomic E-state index is 0. The Morgan fingerprint density at radius 3 is 2.41 bits per heavy atom. The number of carbonyl (C=O) groups excluding carboxylic acids is 1. The van der Waals surface area contributed by atoms with Crippen molar-refractivity contribution in [3.05, 3.63) is 54.1 Å². The van der Waals surface area contributed by atoms with E-state index in [0.29, 0.717) is 6.42 Å². The Labute approximate surface area is 136 Å². The van der Waals surface area contributed by atoms with Gasteiger partial charge in [-0.3, -0.25) is 4.79 Å². The van der Waals surface area contributed by atoms with Crippen molar-refractivity contribution in [2.24, 2.45) is 5.73 Å². The third-order valence-corrected chi connectivity index (χ3v) is 3.31. The molecule has 0 saturated carbocycles. The number of carbonyl (C=O) groups is 1. The fourth-order valence-corrected chi connectivity index (χ4v) is 2.21. The van der Waals surface area contributed by atoms with Crippen LogP contribution in [0.15, 0.2) is 48.5 Å². The lowest BCUT2D eigenvalue weighted by Crippen LogP contribution is -2.33. The molecular weight excluding hydrogens is 302 g/mol. The first kappa shape index (κ1) is 18.0. The first-order chi connectivity index (χ1) is 10.2. The number of hydrogen-bond acceptors (Lipinski definition) is 4. The van der Waals surface area contributed by atoms with Crippen LogP contribution in [-0.4, -0.2) is 26.2 Å². The van der Waals surface area contributed by atoms with Crippen LogP contribution in [0.5, 0.6) is 5.75 Å². The van der Waals surface area contributed by atoms with E-state index in [0.717, 1.165) is 22.4 Å². The van der Waals surface area contributed by atoms with Crippen molar-refractivity contribution < 1.29 is 14.3 Å². The number of ether oxygens (including phenoxy) is 2. The zero-order valence-corrected chi connectivity index (χ0v) is 13.4. The van der Waals surface area contributed by atoms with Gasteiger partial charge < -0.3 is 15.2 Å². The minimum Gasteiger partial charge on any atom is -0.496 e. The van der Waals surface area contributed by atoms with Gasteiger partial charge in [0.15, 0.2) is 0 Å². The van der Waals surface area contributed by atoms with E-state index < -0.39 is 12.0 Å². The summed E-state index contributed by atoms with van der Waals surface area (Å²) in [7, 11) is 2.97. The smallest absolute Gasteiger partial charge is 0.322 e. The minimum atomic E-state index is -0.665. The highest BCUT2D eigenvalue weighted by atomic mass is 35.5. The highest BCUT2D eigenvalue weighted by molar-refractivity contribution is 5.85. The molecule has 0 bridgehead atoms. The molecular formula is C17H20ClNO3. The second-order valence-corrected chi connectivity index (χ2v) is 4.73. The van der Waals surface area contributed by atoms with E-state index in [9.17, 15) is 4.79 Å². The summed E-state index contributed by atoms with van der Waals surface area (Å²) in [5, 5.41) is 0. The number of halogens is 1. The van der Waals surface area contributed by atoms with Crippen molar-refractivity contribution in [3.63, 3.8) is 0 Å². The Kier molecular flexibility index (Phi) is 6.89. The molecule has 1 atom stereocenters. The second-order valence-electron chi connectivity index (χ2n) is 4.73. The summed E-state index contributed by atoms with van der Waals surface area (Å²) in [4.78, 5) is 11.4. The van der Waals surface area contributed by atoms with Crippen molar-refractivity contribution >= 4 is 18.4 Å². The average Bonchev–Trinajstić information content (AvgIpc) is 2.54. The summed E-state index contributed by atoms with van der Waals surface area (Å²) in [6.45, 7) is 0. The molecule has 22 heavy (non-hydrogen) atoms. The monoisotopic (exact) mass is 321 g/mol. The molecule has 0 aliphatic carbocycles. The molecule has 0 saturated heterocycles. The highest BCUT2D eigenvalue weighted by Crippen LogP contribution is 2.30. The van der Waals surface area contributed by atoms with Gasteiger partial charge in [-0.15, -0.1) is 12.4 Å². The fourth-order valence-electron chi connectivity index (χ4n) is 2.21. The first-order valence-electron chi connectivity index (χ1n) is 6.71. The molecule has 0 spiro atoms. The van der Waals surface area contributed by atoms with Crippen molar-refractivity contribution in [1.82, 2.24) is 0 Å². The lowest BCUT2D eigenvalue weighted by molar-refractivity contribution is -0.142. The van der Waals surface area contributed by atoms with E-state index in [1.165, 1.54) is 7.11 Å². The number of nitrogens with two attached hydrogens (primary N) is 1. The number of rotatable bonds is 5. The molecule has 0 amide bonds. The molecule has 0 radical (unpaired) electrons. The topological polar surface area (TPSA) is 61.5 Å². The van der Waals surface area contributed by atoms with Crippen LogP contribution in [0.1, 0.15) is 5.56 Å². The largest absolute Gasteiger partial charge is 0.496 e. The van der Waals surface area contributed by atoms with Gasteiger partial charge in [-0.05, 0) is 23.6 Å². The van der Waals surface area contributed by atoms with Crippen molar-refractivity contribution in [1.29, 1.82) is 0 Å². The van der Waals surface area contributed by atoms with Crippen molar-refractivity contribution in [3.8, 4) is 16.9 Å². The molecule has 0 heterocycles. The Hall–Kier alpha value is -2.04. The van der Waals surface area contributed by atoms with Crippen LogP contribution >= 0.6 is 12.4 Å². The summed E-state index contributed by atoms with van der Waals surface area (Å²) in [6, 6.07) is 15.2. The SMILES string of the molecule is COC(=O)C(N)Cc1ccc(-c2ccccc2)c(OC)c1.Cl. The van der Waals surface area contributed by atoms with Crippen LogP contribution in [0.3, 0.4) is 0 Å². The third kappa shape index (κ3) is 4.23. The van der Waals surface area contributed by atoms with E-state index in [2.05, 4.69) is 4.74 Å². The summed E-state index contributed by atoms with van der Waals surface area (Å²) in [6.07, 6.45) is 0.415. The van der Waals surface area contributed by atoms with Crippen LogP contribution in [0.25, 0.3) is 11.1 Å². The molecule has 0 aliphatic rings. The van der Waals surface area contributed by atoms with Gasteiger partial charge in [0.1, 0.15) is 11.8 Å². The van der Waals surface area contributed by atoms with Crippen LogP contribution < -0.4 is 10.5 Å². The molecule has 0 fully saturated rings. The predicted molar refractivity (Wildman–Crippen MR) is 89.4 cm³/mol. The van der Waals surface area contributed by atoms with Crippen LogP contribution in [0.4, 0.5) is 0 Å². The van der Waals surface area contributed by atoms with Gasteiger partial charge in [0.2, 0.25) is 0 Å². The Bertz CT molecular complexity index is 617. The summed E-state index contributed by atoms with van der Waals surface area (Å²) in [5.74, 6) is 0.344. The molecule has 2 aromatic carbocycles. The number of methoxy groups -OCH3 is 2. The molecule has 0 aliphatic heterocycles. The third-order valence-electron chi connectivity index (χ3n) is 3.31. The van der Waals surface area contributed by atoms with Gasteiger partial charge in [0.05, 0.1) is 14.2 Å². The number of hydrogen-bond donors (Lipinski definition) is 1. The molecule has 4 nitrogen and oxygen atoms in total. The average molecular weight is 322 g/mol. The molecule has 2 N–H and O–H groups in total. The van der Waals surface area contributed by atoms with Gasteiger partial charge in [0.25, 0.3) is 0 Å². The Morgan fingerprint density at radius 2 is 1.82 bits per heavy atom. The first-order valence-corrected chi connectivity index (χ1v) is 6.71. The zero-order valence-electron chi connectivity index (χ0n) is 12.6. The molecule has 0 aromatic heterocycles. The Morgan fingerprint density at radius 1 is 1.14 bits per heavy atom. The summed E-state index contributed by atoms with van der Waals surface area (Å²) < 4.78 is 10.1. The maximum atomic E-state index is 11.4. The van der Waals surface area contributed by atoms with Crippen LogP contribution in [0, 0.1) is 0 Å². The summed E-state index contributed by atoms with van der Waals surface area (Å²) >= 11 is 0. The molecule has 1 unspecified atom stereocenters. The van der Waals surface area contributed by atoms with Crippen LogP contribution in [0.2, 0.25) is 0 Å². The molecule has 2 aromatic rings. The number of benzene rings is 2. The van der Waals surface area contributed by atoms with E-state index >= 15 is 0 Å². The number of esters is 1. The second kappa shape index (κ2) is 8.41. The lowest BCUT2D eigenvalue weighted by atomic mass is 9.99.